The highest BCUT2D eigenvalue weighted by Crippen LogP contribution is 2.26. The summed E-state index contributed by atoms with van der Waals surface area (Å²) >= 11 is 0. The number of benzene rings is 2. The Kier molecular flexibility index (Phi) is 5.84. The molecule has 1 N–H and O–H groups in total. The van der Waals surface area contributed by atoms with Crippen molar-refractivity contribution in [2.75, 3.05) is 12.4 Å². The van der Waals surface area contributed by atoms with Crippen LogP contribution in [0.25, 0.3) is 11.3 Å². The molecule has 0 radical (unpaired) electrons. The Labute approximate surface area is 170 Å². The van der Waals surface area contributed by atoms with E-state index in [4.69, 9.17) is 10.00 Å². The summed E-state index contributed by atoms with van der Waals surface area (Å²) in [5.74, 6) is -0.0311. The second kappa shape index (κ2) is 8.66. The van der Waals surface area contributed by atoms with Gasteiger partial charge in [0.25, 0.3) is 11.2 Å². The first-order valence-corrected chi connectivity index (χ1v) is 8.61. The molecule has 0 unspecified atom stereocenters. The standard InChI is InChI=1S/C20H15N5O5/c1-30-18-5-3-2-4-15(18)17-9-20(27)24(12-22-17)11-19(26)23-16-7-6-14(25(28)29)8-13(16)10-21/h2-9,12H,11H2,1H3,(H,23,26). The summed E-state index contributed by atoms with van der Waals surface area (Å²) < 4.78 is 6.37. The van der Waals surface area contributed by atoms with Gasteiger partial charge >= 0.3 is 0 Å². The van der Waals surface area contributed by atoms with Crippen LogP contribution in [0.1, 0.15) is 5.56 Å². The van der Waals surface area contributed by atoms with Gasteiger partial charge in [0.2, 0.25) is 5.91 Å². The molecule has 10 nitrogen and oxygen atoms in total. The van der Waals surface area contributed by atoms with Crippen molar-refractivity contribution < 1.29 is 14.5 Å². The van der Waals surface area contributed by atoms with Crippen molar-refractivity contribution in [2.45, 2.75) is 6.54 Å². The second-order valence-corrected chi connectivity index (χ2v) is 6.09. The summed E-state index contributed by atoms with van der Waals surface area (Å²) in [5, 5.41) is 22.4. The molecule has 150 valence electrons. The summed E-state index contributed by atoms with van der Waals surface area (Å²) in [7, 11) is 1.51. The number of carbonyl (C=O) groups excluding carboxylic acids is 1. The monoisotopic (exact) mass is 405 g/mol. The number of nitrogens with one attached hydrogen (secondary N) is 1. The lowest BCUT2D eigenvalue weighted by molar-refractivity contribution is -0.384. The van der Waals surface area contributed by atoms with Crippen LogP contribution >= 0.6 is 0 Å². The van der Waals surface area contributed by atoms with Crippen molar-refractivity contribution in [3.05, 3.63) is 80.9 Å². The molecule has 30 heavy (non-hydrogen) atoms. The average Bonchev–Trinajstić information content (AvgIpc) is 2.75. The van der Waals surface area contributed by atoms with Gasteiger partial charge in [-0.3, -0.25) is 24.3 Å². The smallest absolute Gasteiger partial charge is 0.270 e. The minimum atomic E-state index is -0.638. The van der Waals surface area contributed by atoms with E-state index in [-0.39, 0.29) is 23.5 Å². The number of nitro groups is 1. The van der Waals surface area contributed by atoms with E-state index in [1.165, 1.54) is 31.6 Å². The highest BCUT2D eigenvalue weighted by molar-refractivity contribution is 5.92. The van der Waals surface area contributed by atoms with Crippen LogP contribution in [0.15, 0.2) is 59.7 Å². The Hall–Kier alpha value is -4.52. The lowest BCUT2D eigenvalue weighted by Crippen LogP contribution is -2.27. The first kappa shape index (κ1) is 20.2. The van der Waals surface area contributed by atoms with Gasteiger partial charge < -0.3 is 10.1 Å². The van der Waals surface area contributed by atoms with Gasteiger partial charge in [0, 0.05) is 23.8 Å². The van der Waals surface area contributed by atoms with E-state index in [0.717, 1.165) is 10.6 Å². The number of hydrogen-bond donors (Lipinski definition) is 1. The third-order valence-electron chi connectivity index (χ3n) is 4.18. The molecule has 1 aromatic heterocycles. The van der Waals surface area contributed by atoms with Crippen molar-refractivity contribution in [3.8, 4) is 23.1 Å². The number of nitro benzene ring substituents is 1. The Balaban J connectivity index is 1.79. The average molecular weight is 405 g/mol. The van der Waals surface area contributed by atoms with Crippen LogP contribution in [0.2, 0.25) is 0 Å². The number of ether oxygens (including phenoxy) is 1. The molecule has 1 amide bonds. The summed E-state index contributed by atoms with van der Waals surface area (Å²) in [5.41, 5.74) is 0.367. The highest BCUT2D eigenvalue weighted by Gasteiger charge is 2.14. The van der Waals surface area contributed by atoms with Crippen molar-refractivity contribution in [1.82, 2.24) is 9.55 Å². The van der Waals surface area contributed by atoms with Gasteiger partial charge in [-0.25, -0.2) is 4.98 Å². The van der Waals surface area contributed by atoms with Crippen molar-refractivity contribution in [2.24, 2.45) is 0 Å². The predicted molar refractivity (Wildman–Crippen MR) is 107 cm³/mol. The molecule has 0 fully saturated rings. The number of rotatable bonds is 6. The van der Waals surface area contributed by atoms with E-state index < -0.39 is 16.4 Å². The van der Waals surface area contributed by atoms with E-state index in [0.29, 0.717) is 17.0 Å². The molecule has 3 rings (SSSR count). The Morgan fingerprint density at radius 3 is 2.73 bits per heavy atom. The van der Waals surface area contributed by atoms with Crippen LogP contribution in [-0.2, 0) is 11.3 Å². The number of carbonyl (C=O) groups is 1. The Bertz CT molecular complexity index is 1230. The van der Waals surface area contributed by atoms with E-state index in [1.54, 1.807) is 30.3 Å². The molecule has 0 spiro atoms. The number of hydrogen-bond acceptors (Lipinski definition) is 7. The lowest BCUT2D eigenvalue weighted by Gasteiger charge is -2.10. The number of nitriles is 1. The van der Waals surface area contributed by atoms with Gasteiger partial charge in [-0.2, -0.15) is 5.26 Å². The normalized spacial score (nSPS) is 10.1. The molecular weight excluding hydrogens is 390 g/mol. The van der Waals surface area contributed by atoms with Crippen molar-refractivity contribution >= 4 is 17.3 Å². The number of non-ortho nitro benzene ring substituents is 1. The minimum absolute atomic E-state index is 0.0606. The highest BCUT2D eigenvalue weighted by atomic mass is 16.6. The number of anilines is 1. The second-order valence-electron chi connectivity index (χ2n) is 6.09. The zero-order valence-corrected chi connectivity index (χ0v) is 15.7. The van der Waals surface area contributed by atoms with Gasteiger partial charge in [-0.05, 0) is 18.2 Å². The summed E-state index contributed by atoms with van der Waals surface area (Å²) in [6.07, 6.45) is 1.24. The zero-order valence-electron chi connectivity index (χ0n) is 15.7. The number of para-hydroxylation sites is 1. The van der Waals surface area contributed by atoms with Gasteiger partial charge in [-0.15, -0.1) is 0 Å². The van der Waals surface area contributed by atoms with E-state index in [9.17, 15) is 19.7 Å². The summed E-state index contributed by atoms with van der Waals surface area (Å²) in [4.78, 5) is 39.1. The maximum Gasteiger partial charge on any atom is 0.270 e. The largest absolute Gasteiger partial charge is 0.496 e. The molecule has 0 saturated carbocycles. The predicted octanol–water partition coefficient (Wildman–Crippen LogP) is 2.34. The molecule has 0 saturated heterocycles. The van der Waals surface area contributed by atoms with Crippen LogP contribution in [0.4, 0.5) is 11.4 Å². The molecule has 0 bridgehead atoms. The maximum absolute atomic E-state index is 12.4. The fourth-order valence-corrected chi connectivity index (χ4v) is 2.74. The molecule has 0 atom stereocenters. The van der Waals surface area contributed by atoms with Crippen molar-refractivity contribution in [1.29, 1.82) is 5.26 Å². The number of nitrogens with zero attached hydrogens (tertiary/aromatic N) is 4. The third-order valence-corrected chi connectivity index (χ3v) is 4.18. The van der Waals surface area contributed by atoms with Crippen LogP contribution in [0.5, 0.6) is 5.75 Å². The van der Waals surface area contributed by atoms with Crippen molar-refractivity contribution in [3.63, 3.8) is 0 Å². The van der Waals surface area contributed by atoms with Gasteiger partial charge in [0.05, 0.1) is 35.3 Å². The van der Waals surface area contributed by atoms with Gasteiger partial charge in [0.15, 0.2) is 0 Å². The quantitative estimate of drug-likeness (QED) is 0.490. The minimum Gasteiger partial charge on any atom is -0.496 e. The van der Waals surface area contributed by atoms with Crippen LogP contribution in [-0.4, -0.2) is 27.5 Å². The number of amides is 1. The van der Waals surface area contributed by atoms with E-state index in [2.05, 4.69) is 10.3 Å². The zero-order chi connectivity index (χ0) is 21.7. The molecule has 3 aromatic rings. The third kappa shape index (κ3) is 4.31. The summed E-state index contributed by atoms with van der Waals surface area (Å²) in [6, 6.07) is 13.7. The molecule has 10 heteroatoms. The van der Waals surface area contributed by atoms with Gasteiger partial charge in [0.1, 0.15) is 18.4 Å². The molecule has 0 aliphatic rings. The van der Waals surface area contributed by atoms with E-state index >= 15 is 0 Å². The summed E-state index contributed by atoms with van der Waals surface area (Å²) in [6.45, 7) is -0.347. The topological polar surface area (TPSA) is 140 Å². The van der Waals surface area contributed by atoms with Gasteiger partial charge in [-0.1, -0.05) is 12.1 Å². The first-order chi connectivity index (χ1) is 14.4. The molecule has 0 aliphatic heterocycles. The first-order valence-electron chi connectivity index (χ1n) is 8.61. The molecule has 2 aromatic carbocycles. The van der Waals surface area contributed by atoms with Crippen LogP contribution < -0.4 is 15.6 Å². The molecule has 0 aliphatic carbocycles. The van der Waals surface area contributed by atoms with Crippen LogP contribution in [0, 0.1) is 21.4 Å². The Morgan fingerprint density at radius 1 is 1.30 bits per heavy atom. The number of aromatic nitrogens is 2. The van der Waals surface area contributed by atoms with Crippen LogP contribution in [0.3, 0.4) is 0 Å². The SMILES string of the molecule is COc1ccccc1-c1cc(=O)n(CC(=O)Nc2ccc([N+](=O)[O-])cc2C#N)cn1. The molecule has 1 heterocycles. The fraction of sp³-hybridized carbons (Fsp3) is 0.100. The van der Waals surface area contributed by atoms with E-state index in [1.807, 2.05) is 0 Å². The number of methoxy groups -OCH3 is 1. The molecular formula is C20H15N5O5. The Morgan fingerprint density at radius 2 is 2.07 bits per heavy atom. The fourth-order valence-electron chi connectivity index (χ4n) is 2.74. The maximum atomic E-state index is 12.4. The lowest BCUT2D eigenvalue weighted by atomic mass is 10.1.